The van der Waals surface area contributed by atoms with Crippen LogP contribution in [0.2, 0.25) is 0 Å². The second-order valence-corrected chi connectivity index (χ2v) is 4.91. The second-order valence-electron chi connectivity index (χ2n) is 4.91. The average molecular weight is 291 g/mol. The van der Waals surface area contributed by atoms with Crippen molar-refractivity contribution < 1.29 is 19.5 Å². The summed E-state index contributed by atoms with van der Waals surface area (Å²) in [6.45, 7) is 5.29. The lowest BCUT2D eigenvalue weighted by atomic mass is 10.2. The molecule has 112 valence electrons. The fourth-order valence-corrected chi connectivity index (χ4v) is 2.32. The molecule has 1 aliphatic heterocycles. The Morgan fingerprint density at radius 1 is 1.38 bits per heavy atom. The number of phenolic OH excluding ortho intramolecular Hbond substituents is 2. The van der Waals surface area contributed by atoms with Crippen molar-refractivity contribution in [2.45, 2.75) is 13.0 Å². The topological polar surface area (TPSA) is 91.9 Å². The molecule has 2 heterocycles. The standard InChI is InChI=1S/C14H17N3O4/c1-2-17-5-6-20-12(8-17)13-15-14(21-16-13)10-4-3-9(18)7-11(10)19/h3-4,7,12,18-19H,2,5-6,8H2,1H3. The predicted octanol–water partition coefficient (Wildman–Crippen LogP) is 1.54. The van der Waals surface area contributed by atoms with Gasteiger partial charge in [0, 0.05) is 19.2 Å². The van der Waals surface area contributed by atoms with Crippen LogP contribution in [-0.2, 0) is 4.74 Å². The Morgan fingerprint density at radius 2 is 2.24 bits per heavy atom. The van der Waals surface area contributed by atoms with Crippen molar-refractivity contribution in [1.82, 2.24) is 15.0 Å². The summed E-state index contributed by atoms with van der Waals surface area (Å²) in [4.78, 5) is 6.54. The van der Waals surface area contributed by atoms with E-state index in [-0.39, 0.29) is 23.5 Å². The third-order valence-electron chi connectivity index (χ3n) is 3.54. The maximum Gasteiger partial charge on any atom is 0.261 e. The van der Waals surface area contributed by atoms with E-state index >= 15 is 0 Å². The van der Waals surface area contributed by atoms with Crippen LogP contribution in [0.4, 0.5) is 0 Å². The van der Waals surface area contributed by atoms with Crippen molar-refractivity contribution in [3.63, 3.8) is 0 Å². The number of ether oxygens (including phenoxy) is 1. The summed E-state index contributed by atoms with van der Waals surface area (Å²) in [7, 11) is 0. The first-order valence-corrected chi connectivity index (χ1v) is 6.87. The van der Waals surface area contributed by atoms with E-state index in [9.17, 15) is 10.2 Å². The van der Waals surface area contributed by atoms with Crippen molar-refractivity contribution in [3.8, 4) is 23.0 Å². The minimum Gasteiger partial charge on any atom is -0.508 e. The number of morpholine rings is 1. The maximum absolute atomic E-state index is 9.82. The molecule has 2 N–H and O–H groups in total. The molecule has 1 saturated heterocycles. The zero-order valence-electron chi connectivity index (χ0n) is 11.7. The molecule has 2 aromatic rings. The van der Waals surface area contributed by atoms with Crippen LogP contribution >= 0.6 is 0 Å². The van der Waals surface area contributed by atoms with E-state index in [4.69, 9.17) is 9.26 Å². The van der Waals surface area contributed by atoms with Gasteiger partial charge in [-0.3, -0.25) is 4.90 Å². The van der Waals surface area contributed by atoms with Crippen molar-refractivity contribution >= 4 is 0 Å². The maximum atomic E-state index is 9.82. The molecule has 21 heavy (non-hydrogen) atoms. The molecule has 3 rings (SSSR count). The summed E-state index contributed by atoms with van der Waals surface area (Å²) in [5.74, 6) is 0.547. The molecule has 1 unspecified atom stereocenters. The average Bonchev–Trinajstić information content (AvgIpc) is 2.97. The minimum atomic E-state index is -0.226. The lowest BCUT2D eigenvalue weighted by Crippen LogP contribution is -2.38. The Morgan fingerprint density at radius 3 is 3.00 bits per heavy atom. The summed E-state index contributed by atoms with van der Waals surface area (Å²) in [6, 6.07) is 4.21. The van der Waals surface area contributed by atoms with E-state index in [1.807, 2.05) is 0 Å². The highest BCUT2D eigenvalue weighted by molar-refractivity contribution is 5.63. The zero-order valence-corrected chi connectivity index (χ0v) is 11.7. The Hall–Kier alpha value is -2.12. The van der Waals surface area contributed by atoms with Gasteiger partial charge in [0.25, 0.3) is 5.89 Å². The van der Waals surface area contributed by atoms with Crippen LogP contribution in [-0.4, -0.2) is 51.5 Å². The number of rotatable bonds is 3. The van der Waals surface area contributed by atoms with Gasteiger partial charge in [-0.15, -0.1) is 0 Å². The fourth-order valence-electron chi connectivity index (χ4n) is 2.32. The van der Waals surface area contributed by atoms with Crippen molar-refractivity contribution in [1.29, 1.82) is 0 Å². The summed E-state index contributed by atoms with van der Waals surface area (Å²) in [5.41, 5.74) is 0.384. The molecule has 1 atom stereocenters. The molecule has 1 aliphatic rings. The van der Waals surface area contributed by atoms with E-state index < -0.39 is 0 Å². The minimum absolute atomic E-state index is 0.0230. The first-order valence-electron chi connectivity index (χ1n) is 6.87. The Labute approximate surface area is 121 Å². The number of hydrogen-bond donors (Lipinski definition) is 2. The van der Waals surface area contributed by atoms with E-state index in [1.165, 1.54) is 18.2 Å². The summed E-state index contributed by atoms with van der Waals surface area (Å²) < 4.78 is 10.9. The molecule has 0 spiro atoms. The van der Waals surface area contributed by atoms with E-state index in [0.717, 1.165) is 19.6 Å². The summed E-state index contributed by atoms with van der Waals surface area (Å²) in [5, 5.41) is 23.1. The van der Waals surface area contributed by atoms with Gasteiger partial charge in [0.15, 0.2) is 0 Å². The van der Waals surface area contributed by atoms with Gasteiger partial charge in [-0.25, -0.2) is 0 Å². The highest BCUT2D eigenvalue weighted by Gasteiger charge is 2.26. The number of benzene rings is 1. The van der Waals surface area contributed by atoms with Crippen LogP contribution in [0, 0.1) is 0 Å². The summed E-state index contributed by atoms with van der Waals surface area (Å²) >= 11 is 0. The smallest absolute Gasteiger partial charge is 0.261 e. The van der Waals surface area contributed by atoms with Crippen molar-refractivity contribution in [2.75, 3.05) is 26.2 Å². The number of phenols is 2. The van der Waals surface area contributed by atoms with Crippen molar-refractivity contribution in [3.05, 3.63) is 24.0 Å². The first kappa shape index (κ1) is 13.8. The van der Waals surface area contributed by atoms with Crippen LogP contribution in [0.1, 0.15) is 18.9 Å². The third-order valence-corrected chi connectivity index (χ3v) is 3.54. The molecule has 0 radical (unpaired) electrons. The van der Waals surface area contributed by atoms with Gasteiger partial charge < -0.3 is 19.5 Å². The molecule has 1 aromatic heterocycles. The van der Waals surface area contributed by atoms with Gasteiger partial charge in [0.2, 0.25) is 5.82 Å². The SMILES string of the molecule is CCN1CCOC(c2noc(-c3ccc(O)cc3O)n2)C1. The number of nitrogens with zero attached hydrogens (tertiary/aromatic N) is 3. The predicted molar refractivity (Wildman–Crippen MR) is 73.9 cm³/mol. The molecule has 0 amide bonds. The lowest BCUT2D eigenvalue weighted by Gasteiger charge is -2.30. The number of hydrogen-bond acceptors (Lipinski definition) is 7. The highest BCUT2D eigenvalue weighted by Crippen LogP contribution is 2.32. The number of likely N-dealkylation sites (N-methyl/N-ethyl adjacent to an activating group) is 1. The fraction of sp³-hybridized carbons (Fsp3) is 0.429. The molecule has 0 saturated carbocycles. The Bertz CT molecular complexity index is 628. The van der Waals surface area contributed by atoms with Crippen LogP contribution in [0.5, 0.6) is 11.5 Å². The highest BCUT2D eigenvalue weighted by atomic mass is 16.5. The molecule has 0 bridgehead atoms. The van der Waals surface area contributed by atoms with Crippen molar-refractivity contribution in [2.24, 2.45) is 0 Å². The largest absolute Gasteiger partial charge is 0.508 e. The molecular formula is C14H17N3O4. The molecule has 7 nitrogen and oxygen atoms in total. The normalized spacial score (nSPS) is 19.8. The second kappa shape index (κ2) is 5.71. The molecular weight excluding hydrogens is 274 g/mol. The molecule has 0 aliphatic carbocycles. The Kier molecular flexibility index (Phi) is 3.76. The third kappa shape index (κ3) is 2.84. The molecule has 1 aromatic carbocycles. The first-order chi connectivity index (χ1) is 10.2. The molecule has 7 heteroatoms. The van der Waals surface area contributed by atoms with Gasteiger partial charge in [0.05, 0.1) is 12.2 Å². The van der Waals surface area contributed by atoms with Gasteiger partial charge in [0.1, 0.15) is 17.6 Å². The van der Waals surface area contributed by atoms with Gasteiger partial charge in [-0.1, -0.05) is 12.1 Å². The lowest BCUT2D eigenvalue weighted by molar-refractivity contribution is -0.0334. The van der Waals surface area contributed by atoms with E-state index in [2.05, 4.69) is 22.0 Å². The monoisotopic (exact) mass is 291 g/mol. The van der Waals surface area contributed by atoms with Crippen LogP contribution in [0.25, 0.3) is 11.5 Å². The summed E-state index contributed by atoms with van der Waals surface area (Å²) in [6.07, 6.45) is -0.226. The van der Waals surface area contributed by atoms with Gasteiger partial charge in [-0.05, 0) is 18.7 Å². The Balaban J connectivity index is 1.83. The van der Waals surface area contributed by atoms with Crippen LogP contribution in [0.3, 0.4) is 0 Å². The van der Waals surface area contributed by atoms with E-state index in [0.29, 0.717) is 18.0 Å². The van der Waals surface area contributed by atoms with Gasteiger partial charge >= 0.3 is 0 Å². The van der Waals surface area contributed by atoms with E-state index in [1.54, 1.807) is 0 Å². The number of aromatic hydroxyl groups is 2. The van der Waals surface area contributed by atoms with Crippen LogP contribution < -0.4 is 0 Å². The molecule has 1 fully saturated rings. The number of aromatic nitrogens is 2. The van der Waals surface area contributed by atoms with Gasteiger partial charge in [-0.2, -0.15) is 4.98 Å². The quantitative estimate of drug-likeness (QED) is 0.886. The zero-order chi connectivity index (χ0) is 14.8. The van der Waals surface area contributed by atoms with Crippen LogP contribution in [0.15, 0.2) is 22.7 Å².